The largest absolute Gasteiger partial charge is 0.491 e. The van der Waals surface area contributed by atoms with Crippen molar-refractivity contribution in [3.63, 3.8) is 0 Å². The number of aliphatic hydroxyl groups excluding tert-OH is 1. The van der Waals surface area contributed by atoms with Crippen LogP contribution in [-0.2, 0) is 0 Å². The van der Waals surface area contributed by atoms with Crippen molar-refractivity contribution in [1.82, 2.24) is 14.8 Å². The Hall–Kier alpha value is -1.56. The quantitative estimate of drug-likeness (QED) is 0.885. The van der Waals surface area contributed by atoms with Gasteiger partial charge >= 0.3 is 0 Å². The maximum atomic E-state index is 10.3. The fraction of sp³-hybridized carbons (Fsp3) is 0.556. The molecular formula is C18H27N3O2. The summed E-state index contributed by atoms with van der Waals surface area (Å²) in [5.74, 6) is 0.789. The van der Waals surface area contributed by atoms with Gasteiger partial charge in [0.2, 0.25) is 0 Å². The van der Waals surface area contributed by atoms with Crippen molar-refractivity contribution in [3.8, 4) is 5.75 Å². The highest BCUT2D eigenvalue weighted by atomic mass is 16.5. The Morgan fingerprint density at radius 1 is 1.30 bits per heavy atom. The van der Waals surface area contributed by atoms with Crippen LogP contribution < -0.4 is 4.74 Å². The number of hydrogen-bond donors (Lipinski definition) is 2. The van der Waals surface area contributed by atoms with Crippen LogP contribution in [0.15, 0.2) is 30.5 Å². The molecular weight excluding hydrogens is 290 g/mol. The molecule has 5 nitrogen and oxygen atoms in total. The topological polar surface area (TPSA) is 51.7 Å². The monoisotopic (exact) mass is 317 g/mol. The summed E-state index contributed by atoms with van der Waals surface area (Å²) in [7, 11) is 2.15. The average molecular weight is 317 g/mol. The highest BCUT2D eigenvalue weighted by Crippen LogP contribution is 2.21. The average Bonchev–Trinajstić information content (AvgIpc) is 2.95. The minimum atomic E-state index is -0.489. The maximum Gasteiger partial charge on any atom is 0.121 e. The molecule has 0 radical (unpaired) electrons. The van der Waals surface area contributed by atoms with Gasteiger partial charge in [0.25, 0.3) is 0 Å². The molecule has 1 aliphatic heterocycles. The molecule has 0 amide bonds. The number of ether oxygens (including phenoxy) is 1. The molecule has 1 fully saturated rings. The zero-order valence-electron chi connectivity index (χ0n) is 14.2. The van der Waals surface area contributed by atoms with E-state index in [0.717, 1.165) is 36.3 Å². The van der Waals surface area contributed by atoms with Crippen LogP contribution in [-0.4, -0.2) is 71.4 Å². The lowest BCUT2D eigenvalue weighted by Crippen LogP contribution is -2.60. The summed E-state index contributed by atoms with van der Waals surface area (Å²) < 4.78 is 5.77. The first-order chi connectivity index (χ1) is 10.9. The Morgan fingerprint density at radius 3 is 2.91 bits per heavy atom. The maximum absolute atomic E-state index is 10.3. The molecule has 1 atom stereocenters. The van der Waals surface area contributed by atoms with Gasteiger partial charge in [-0.1, -0.05) is 0 Å². The molecule has 0 saturated carbocycles. The molecule has 2 N–H and O–H groups in total. The van der Waals surface area contributed by atoms with Crippen LogP contribution in [0, 0.1) is 0 Å². The first-order valence-electron chi connectivity index (χ1n) is 8.26. The van der Waals surface area contributed by atoms with Gasteiger partial charge in [0.05, 0.1) is 0 Å². The Balaban J connectivity index is 1.53. The Kier molecular flexibility index (Phi) is 4.62. The predicted molar refractivity (Wildman–Crippen MR) is 92.9 cm³/mol. The van der Waals surface area contributed by atoms with Crippen molar-refractivity contribution >= 4 is 10.9 Å². The third-order valence-electron chi connectivity index (χ3n) is 4.66. The van der Waals surface area contributed by atoms with Crippen molar-refractivity contribution in [1.29, 1.82) is 0 Å². The molecule has 0 aliphatic carbocycles. The van der Waals surface area contributed by atoms with E-state index in [1.807, 2.05) is 30.5 Å². The van der Waals surface area contributed by atoms with Gasteiger partial charge in [-0.3, -0.25) is 4.90 Å². The van der Waals surface area contributed by atoms with E-state index in [-0.39, 0.29) is 5.54 Å². The number of benzene rings is 1. The lowest BCUT2D eigenvalue weighted by atomic mass is 9.98. The number of nitrogens with zero attached hydrogens (tertiary/aromatic N) is 2. The molecule has 0 bridgehead atoms. The zero-order valence-corrected chi connectivity index (χ0v) is 14.2. The number of aromatic nitrogens is 1. The minimum Gasteiger partial charge on any atom is -0.491 e. The van der Waals surface area contributed by atoms with E-state index >= 15 is 0 Å². The molecule has 1 saturated heterocycles. The molecule has 2 aromatic rings. The third kappa shape index (κ3) is 3.86. The number of hydrogen-bond acceptors (Lipinski definition) is 4. The number of nitrogens with one attached hydrogen (secondary N) is 1. The molecule has 126 valence electrons. The highest BCUT2D eigenvalue weighted by molar-refractivity contribution is 5.80. The number of rotatable bonds is 5. The number of β-amino-alcohol motifs (C(OH)–C–C–N with tert-alkyl or cyclic N) is 1. The van der Waals surface area contributed by atoms with Crippen LogP contribution in [0.4, 0.5) is 0 Å². The fourth-order valence-electron chi connectivity index (χ4n) is 3.39. The summed E-state index contributed by atoms with van der Waals surface area (Å²) in [5.41, 5.74) is 1.13. The SMILES string of the molecule is CN1CCN(CC(O)COc2ccc3cc[nH]c3c2)C(C)(C)C1. The number of likely N-dealkylation sites (N-methyl/N-ethyl adjacent to an activating group) is 1. The molecule has 5 heteroatoms. The molecule has 3 rings (SSSR count). The molecule has 2 heterocycles. The van der Waals surface area contributed by atoms with Gasteiger partial charge in [0, 0.05) is 49.5 Å². The second-order valence-electron chi connectivity index (χ2n) is 7.19. The predicted octanol–water partition coefficient (Wildman–Crippen LogP) is 1.93. The molecule has 1 unspecified atom stereocenters. The number of fused-ring (bicyclic) bond motifs is 1. The van der Waals surface area contributed by atoms with Crippen LogP contribution in [0.2, 0.25) is 0 Å². The van der Waals surface area contributed by atoms with Crippen molar-refractivity contribution in [3.05, 3.63) is 30.5 Å². The fourth-order valence-corrected chi connectivity index (χ4v) is 3.39. The number of piperazine rings is 1. The van der Waals surface area contributed by atoms with E-state index in [4.69, 9.17) is 4.74 Å². The summed E-state index contributed by atoms with van der Waals surface area (Å²) in [6.45, 7) is 8.46. The second-order valence-corrected chi connectivity index (χ2v) is 7.19. The van der Waals surface area contributed by atoms with Gasteiger partial charge in [-0.05, 0) is 44.5 Å². The molecule has 23 heavy (non-hydrogen) atoms. The first kappa shape index (κ1) is 16.3. The Labute approximate surface area is 137 Å². The smallest absolute Gasteiger partial charge is 0.121 e. The first-order valence-corrected chi connectivity index (χ1v) is 8.26. The van der Waals surface area contributed by atoms with Gasteiger partial charge in [0.1, 0.15) is 18.5 Å². The standard InChI is InChI=1S/C18H27N3O2/c1-18(2)13-20(3)8-9-21(18)11-15(22)12-23-16-5-4-14-6-7-19-17(14)10-16/h4-7,10,15,19,22H,8-9,11-13H2,1-3H3. The van der Waals surface area contributed by atoms with E-state index < -0.39 is 6.10 Å². The zero-order chi connectivity index (χ0) is 16.4. The lowest BCUT2D eigenvalue weighted by molar-refractivity contribution is -0.0130. The van der Waals surface area contributed by atoms with Crippen LogP contribution in [0.3, 0.4) is 0 Å². The van der Waals surface area contributed by atoms with Crippen LogP contribution in [0.25, 0.3) is 10.9 Å². The van der Waals surface area contributed by atoms with E-state index in [0.29, 0.717) is 13.2 Å². The number of H-pyrrole nitrogens is 1. The summed E-state index contributed by atoms with van der Waals surface area (Å²) in [6, 6.07) is 7.98. The van der Waals surface area contributed by atoms with Crippen molar-refractivity contribution in [2.75, 3.05) is 39.8 Å². The Bertz CT molecular complexity index is 653. The van der Waals surface area contributed by atoms with Gasteiger partial charge < -0.3 is 19.7 Å². The molecule has 1 aromatic heterocycles. The van der Waals surface area contributed by atoms with Gasteiger partial charge in [-0.2, -0.15) is 0 Å². The van der Waals surface area contributed by atoms with Crippen molar-refractivity contribution in [2.24, 2.45) is 0 Å². The van der Waals surface area contributed by atoms with Crippen LogP contribution in [0.1, 0.15) is 13.8 Å². The third-order valence-corrected chi connectivity index (χ3v) is 4.66. The summed E-state index contributed by atoms with van der Waals surface area (Å²) in [5, 5.41) is 11.5. The van der Waals surface area contributed by atoms with Crippen molar-refractivity contribution < 1.29 is 9.84 Å². The van der Waals surface area contributed by atoms with E-state index in [1.54, 1.807) is 0 Å². The Morgan fingerprint density at radius 2 is 2.13 bits per heavy atom. The molecule has 1 aromatic carbocycles. The lowest BCUT2D eigenvalue weighted by Gasteiger charge is -2.46. The van der Waals surface area contributed by atoms with E-state index in [1.165, 1.54) is 0 Å². The summed E-state index contributed by atoms with van der Waals surface area (Å²) >= 11 is 0. The van der Waals surface area contributed by atoms with Gasteiger partial charge in [0.15, 0.2) is 0 Å². The summed E-state index contributed by atoms with van der Waals surface area (Å²) in [4.78, 5) is 7.87. The van der Waals surface area contributed by atoms with E-state index in [2.05, 4.69) is 35.7 Å². The van der Waals surface area contributed by atoms with Gasteiger partial charge in [-0.15, -0.1) is 0 Å². The second kappa shape index (κ2) is 6.51. The van der Waals surface area contributed by atoms with Crippen LogP contribution in [0.5, 0.6) is 5.75 Å². The van der Waals surface area contributed by atoms with Gasteiger partial charge in [-0.25, -0.2) is 0 Å². The molecule has 0 spiro atoms. The minimum absolute atomic E-state index is 0.0805. The molecule has 1 aliphatic rings. The van der Waals surface area contributed by atoms with Crippen LogP contribution >= 0.6 is 0 Å². The normalized spacial score (nSPS) is 20.7. The summed E-state index contributed by atoms with van der Waals surface area (Å²) in [6.07, 6.45) is 1.43. The number of aliphatic hydroxyl groups is 1. The van der Waals surface area contributed by atoms with Crippen molar-refractivity contribution in [2.45, 2.75) is 25.5 Å². The van der Waals surface area contributed by atoms with E-state index in [9.17, 15) is 5.11 Å². The highest BCUT2D eigenvalue weighted by Gasteiger charge is 2.33. The number of aromatic amines is 1.